The van der Waals surface area contributed by atoms with Crippen molar-refractivity contribution in [3.8, 4) is 0 Å². The zero-order valence-corrected chi connectivity index (χ0v) is 20.5. The maximum absolute atomic E-state index is 9.31. The maximum Gasteiger partial charge on any atom is 0.137 e. The van der Waals surface area contributed by atoms with Crippen molar-refractivity contribution in [2.75, 3.05) is 26.0 Å². The average Bonchev–Trinajstić information content (AvgIpc) is 3.24. The number of rotatable bonds is 0. The van der Waals surface area contributed by atoms with Crippen LogP contribution in [0.1, 0.15) is 22.1 Å². The molecule has 4 nitrogen and oxygen atoms in total. The third-order valence-corrected chi connectivity index (χ3v) is 8.13. The molecule has 0 atom stereocenters. The Morgan fingerprint density at radius 1 is 0.500 bits per heavy atom. The van der Waals surface area contributed by atoms with Crippen molar-refractivity contribution >= 4 is 46.6 Å². The minimum absolute atomic E-state index is 0.204. The summed E-state index contributed by atoms with van der Waals surface area (Å²) in [6.45, 7) is -12.6. The van der Waals surface area contributed by atoms with Gasteiger partial charge in [-0.2, -0.15) is 0 Å². The molecule has 7 rings (SSSR count). The van der Waals surface area contributed by atoms with Crippen molar-refractivity contribution in [1.29, 1.82) is 0 Å². The summed E-state index contributed by atoms with van der Waals surface area (Å²) >= 11 is 2.75. The minimum atomic E-state index is -3.16. The summed E-state index contributed by atoms with van der Waals surface area (Å²) in [4.78, 5) is 13.3. The van der Waals surface area contributed by atoms with Gasteiger partial charge in [-0.15, -0.1) is 0 Å². The molecule has 0 unspecified atom stereocenters. The van der Waals surface area contributed by atoms with Gasteiger partial charge in [0.1, 0.15) is 11.7 Å². The second-order valence-electron chi connectivity index (χ2n) is 8.12. The standard InChI is InChI=1S/C30H24N4S2/c1-5-13-25-21(9-1)29(31-23-11-3-7-15-27(23)35-25)33-17-19-34(20-18-33)30-22-10-2-6-14-26(22)36-28-16-8-4-12-24(28)32-30/h1-16H,17-20H2/i17D2,18D2,19D2,20D2. The Morgan fingerprint density at radius 3 is 1.31 bits per heavy atom. The molecule has 3 aliphatic heterocycles. The first-order chi connectivity index (χ1) is 20.9. The van der Waals surface area contributed by atoms with Crippen LogP contribution >= 0.6 is 23.5 Å². The molecule has 1 saturated heterocycles. The molecule has 0 radical (unpaired) electrons. The second kappa shape index (κ2) is 9.19. The normalized spacial score (nSPS) is 25.3. The molecule has 3 aliphatic rings. The Balaban J connectivity index is 1.48. The van der Waals surface area contributed by atoms with Crippen LogP contribution in [0.5, 0.6) is 0 Å². The van der Waals surface area contributed by atoms with E-state index in [1.807, 2.05) is 24.3 Å². The fourth-order valence-corrected chi connectivity index (χ4v) is 6.18. The molecular formula is C30H24N4S2. The van der Waals surface area contributed by atoms with E-state index in [0.29, 0.717) is 42.1 Å². The minimum Gasteiger partial charge on any atom is -0.353 e. The Kier molecular flexibility index (Phi) is 3.81. The van der Waals surface area contributed by atoms with Crippen molar-refractivity contribution in [3.63, 3.8) is 0 Å². The van der Waals surface area contributed by atoms with Crippen LogP contribution in [0.15, 0.2) is 127 Å². The smallest absolute Gasteiger partial charge is 0.137 e. The van der Waals surface area contributed by atoms with Gasteiger partial charge in [-0.05, 0) is 36.4 Å². The number of benzene rings is 4. The van der Waals surface area contributed by atoms with Crippen LogP contribution in [-0.2, 0) is 0 Å². The van der Waals surface area contributed by atoms with Gasteiger partial charge >= 0.3 is 0 Å². The fraction of sp³-hybridized carbons (Fsp3) is 0.133. The molecule has 176 valence electrons. The zero-order chi connectivity index (χ0) is 31.1. The number of amidine groups is 2. The maximum atomic E-state index is 9.31. The van der Waals surface area contributed by atoms with Gasteiger partial charge in [-0.1, -0.05) is 84.2 Å². The van der Waals surface area contributed by atoms with Crippen LogP contribution in [0.25, 0.3) is 0 Å². The van der Waals surface area contributed by atoms with E-state index in [-0.39, 0.29) is 11.7 Å². The fourth-order valence-electron chi connectivity index (χ4n) is 4.15. The van der Waals surface area contributed by atoms with E-state index in [2.05, 4.69) is 0 Å². The molecule has 0 saturated carbocycles. The van der Waals surface area contributed by atoms with Crippen LogP contribution in [0.4, 0.5) is 11.4 Å². The highest BCUT2D eigenvalue weighted by atomic mass is 32.2. The topological polar surface area (TPSA) is 31.2 Å². The number of hydrogen-bond donors (Lipinski definition) is 0. The van der Waals surface area contributed by atoms with Gasteiger partial charge in [0.15, 0.2) is 0 Å². The van der Waals surface area contributed by atoms with E-state index in [4.69, 9.17) is 9.98 Å². The van der Waals surface area contributed by atoms with Crippen molar-refractivity contribution in [2.24, 2.45) is 9.98 Å². The van der Waals surface area contributed by atoms with Gasteiger partial charge in [0, 0.05) is 56.7 Å². The van der Waals surface area contributed by atoms with Crippen LogP contribution in [-0.4, -0.2) is 47.5 Å². The lowest BCUT2D eigenvalue weighted by Gasteiger charge is -2.38. The number of aliphatic imine (C=N–C) groups is 2. The average molecular weight is 513 g/mol. The number of fused-ring (bicyclic) bond motifs is 4. The summed E-state index contributed by atoms with van der Waals surface area (Å²) in [5, 5.41) is 0. The van der Waals surface area contributed by atoms with Crippen LogP contribution < -0.4 is 0 Å². The van der Waals surface area contributed by atoms with Crippen molar-refractivity contribution in [3.05, 3.63) is 108 Å². The first-order valence-electron chi connectivity index (χ1n) is 15.4. The first-order valence-corrected chi connectivity index (χ1v) is 13.0. The van der Waals surface area contributed by atoms with E-state index in [1.54, 1.807) is 72.8 Å². The number of para-hydroxylation sites is 2. The monoisotopic (exact) mass is 512 g/mol. The van der Waals surface area contributed by atoms with Gasteiger partial charge in [-0.3, -0.25) is 0 Å². The molecule has 6 heteroatoms. The molecule has 3 heterocycles. The summed E-state index contributed by atoms with van der Waals surface area (Å²) in [6.07, 6.45) is 0. The van der Waals surface area contributed by atoms with E-state index >= 15 is 0 Å². The largest absolute Gasteiger partial charge is 0.353 e. The SMILES string of the molecule is [2H]C1([2H])N(C2=Nc3ccccc3Sc3ccccc32)C([2H])([2H])C([2H])([2H])N(C2=Nc3ccccc3Sc3ccccc32)C1([2H])[2H]. The molecule has 4 aromatic carbocycles. The Labute approximate surface area is 231 Å². The van der Waals surface area contributed by atoms with Gasteiger partial charge < -0.3 is 9.80 Å². The van der Waals surface area contributed by atoms with E-state index in [1.165, 1.54) is 23.5 Å². The first kappa shape index (κ1) is 14.9. The van der Waals surface area contributed by atoms with Crippen LogP contribution in [0.2, 0.25) is 0 Å². The third-order valence-electron chi connectivity index (χ3n) is 5.85. The van der Waals surface area contributed by atoms with Gasteiger partial charge in [0.2, 0.25) is 0 Å². The molecular weight excluding hydrogens is 480 g/mol. The van der Waals surface area contributed by atoms with E-state index in [0.717, 1.165) is 9.79 Å². The van der Waals surface area contributed by atoms with E-state index < -0.39 is 26.0 Å². The predicted octanol–water partition coefficient (Wildman–Crippen LogP) is 7.09. The molecule has 0 spiro atoms. The predicted molar refractivity (Wildman–Crippen MR) is 150 cm³/mol. The quantitative estimate of drug-likeness (QED) is 0.252. The third kappa shape index (κ3) is 3.91. The molecule has 0 bridgehead atoms. The number of piperazine rings is 1. The Morgan fingerprint density at radius 2 is 0.861 bits per heavy atom. The van der Waals surface area contributed by atoms with E-state index in [9.17, 15) is 11.0 Å². The summed E-state index contributed by atoms with van der Waals surface area (Å²) in [5.41, 5.74) is 1.61. The van der Waals surface area contributed by atoms with Crippen molar-refractivity contribution < 1.29 is 11.0 Å². The highest BCUT2D eigenvalue weighted by Gasteiger charge is 2.28. The zero-order valence-electron chi connectivity index (χ0n) is 26.8. The van der Waals surface area contributed by atoms with Crippen molar-refractivity contribution in [1.82, 2.24) is 9.80 Å². The highest BCUT2D eigenvalue weighted by Crippen LogP contribution is 2.42. The lowest BCUT2D eigenvalue weighted by atomic mass is 10.1. The molecule has 4 aromatic rings. The van der Waals surface area contributed by atoms with Crippen LogP contribution in [0.3, 0.4) is 0 Å². The molecule has 36 heavy (non-hydrogen) atoms. The Bertz CT molecular complexity index is 1710. The molecule has 0 aliphatic carbocycles. The van der Waals surface area contributed by atoms with Gasteiger partial charge in [-0.25, -0.2) is 9.98 Å². The highest BCUT2D eigenvalue weighted by molar-refractivity contribution is 7.99. The van der Waals surface area contributed by atoms with Crippen molar-refractivity contribution in [2.45, 2.75) is 19.6 Å². The summed E-state index contributed by atoms with van der Waals surface area (Å²) in [5.74, 6) is -0.408. The van der Waals surface area contributed by atoms with Gasteiger partial charge in [0.25, 0.3) is 0 Å². The molecule has 0 amide bonds. The summed E-state index contributed by atoms with van der Waals surface area (Å²) in [6, 6.07) is 28.3. The molecule has 0 aromatic heterocycles. The number of nitrogens with zero attached hydrogens (tertiary/aromatic N) is 4. The lowest BCUT2D eigenvalue weighted by Crippen LogP contribution is -2.51. The molecule has 0 N–H and O–H groups in total. The van der Waals surface area contributed by atoms with Gasteiger partial charge in [0.05, 0.1) is 22.3 Å². The number of hydrogen-bond acceptors (Lipinski definition) is 6. The summed E-state index contributed by atoms with van der Waals surface area (Å²) < 4.78 is 74.4. The summed E-state index contributed by atoms with van der Waals surface area (Å²) in [7, 11) is 0. The lowest BCUT2D eigenvalue weighted by molar-refractivity contribution is 0.259. The Hall–Kier alpha value is -3.48. The second-order valence-corrected chi connectivity index (χ2v) is 10.3. The van der Waals surface area contributed by atoms with Crippen LogP contribution in [0, 0.1) is 0 Å². The molecule has 1 fully saturated rings.